The van der Waals surface area contributed by atoms with Crippen LogP contribution in [0.5, 0.6) is 17.2 Å². The molecule has 1 fully saturated rings. The van der Waals surface area contributed by atoms with Crippen LogP contribution in [0.1, 0.15) is 64.0 Å². The number of ether oxygens (including phenoxy) is 3. The van der Waals surface area contributed by atoms with E-state index in [1.165, 1.54) is 36.8 Å². The summed E-state index contributed by atoms with van der Waals surface area (Å²) in [6, 6.07) is 14.7. The minimum absolute atomic E-state index is 0.126. The monoisotopic (exact) mass is 501 g/mol. The van der Waals surface area contributed by atoms with Crippen LogP contribution in [0, 0.1) is 0 Å². The maximum absolute atomic E-state index is 9.10. The Labute approximate surface area is 213 Å². The molecule has 2 aromatic rings. The Balaban J connectivity index is 0.000000678. The zero-order valence-electron chi connectivity index (χ0n) is 21.5. The minimum Gasteiger partial charge on any atom is -0.490 e. The maximum atomic E-state index is 9.10. The van der Waals surface area contributed by atoms with E-state index in [0.29, 0.717) is 12.7 Å². The highest BCUT2D eigenvalue weighted by atomic mass is 16.5. The van der Waals surface area contributed by atoms with Crippen LogP contribution >= 0.6 is 0 Å². The van der Waals surface area contributed by atoms with Crippen LogP contribution in [-0.2, 0) is 22.6 Å². The van der Waals surface area contributed by atoms with Crippen molar-refractivity contribution in [2.45, 2.75) is 78.0 Å². The molecule has 2 aromatic carbocycles. The lowest BCUT2D eigenvalue weighted by Gasteiger charge is -2.16. The zero-order valence-corrected chi connectivity index (χ0v) is 21.5. The summed E-state index contributed by atoms with van der Waals surface area (Å²) >= 11 is 0. The van der Waals surface area contributed by atoms with Gasteiger partial charge in [0.05, 0.1) is 12.2 Å². The number of rotatable bonds is 12. The van der Waals surface area contributed by atoms with Crippen molar-refractivity contribution in [3.05, 3.63) is 53.6 Å². The molecule has 0 radical (unpaired) electrons. The molecule has 0 spiro atoms. The molecule has 198 valence electrons. The van der Waals surface area contributed by atoms with E-state index in [2.05, 4.69) is 48.6 Å². The topological polar surface area (TPSA) is 114 Å². The Morgan fingerprint density at radius 3 is 2.36 bits per heavy atom. The number of aryl methyl sites for hydroxylation is 1. The highest BCUT2D eigenvalue weighted by Gasteiger charge is 2.16. The molecule has 8 heteroatoms. The van der Waals surface area contributed by atoms with Gasteiger partial charge in [-0.3, -0.25) is 0 Å². The zero-order chi connectivity index (χ0) is 26.3. The molecule has 8 nitrogen and oxygen atoms in total. The van der Waals surface area contributed by atoms with Crippen molar-refractivity contribution in [3.63, 3.8) is 0 Å². The first-order valence-electron chi connectivity index (χ1n) is 12.6. The SMILES string of the molecule is CCCc1ccc(OC(C)C)c(OCCNCc2cccc(OC3CCCC3)c2)c1.O=C(O)C(=O)O. The van der Waals surface area contributed by atoms with Gasteiger partial charge in [0.2, 0.25) is 0 Å². The summed E-state index contributed by atoms with van der Waals surface area (Å²) in [7, 11) is 0. The van der Waals surface area contributed by atoms with Gasteiger partial charge in [0, 0.05) is 13.1 Å². The molecular weight excluding hydrogens is 462 g/mol. The fourth-order valence-corrected chi connectivity index (χ4v) is 3.85. The quantitative estimate of drug-likeness (QED) is 0.273. The molecule has 0 amide bonds. The van der Waals surface area contributed by atoms with Crippen molar-refractivity contribution in [2.24, 2.45) is 0 Å². The summed E-state index contributed by atoms with van der Waals surface area (Å²) in [5.74, 6) is -1.00. The van der Waals surface area contributed by atoms with Crippen molar-refractivity contribution >= 4 is 11.9 Å². The molecule has 0 heterocycles. The number of carboxylic acid groups (broad SMARTS) is 2. The molecule has 0 saturated heterocycles. The van der Waals surface area contributed by atoms with Crippen molar-refractivity contribution in [3.8, 4) is 17.2 Å². The fraction of sp³-hybridized carbons (Fsp3) is 0.500. The molecule has 0 aliphatic heterocycles. The number of nitrogens with one attached hydrogen (secondary N) is 1. The highest BCUT2D eigenvalue weighted by Crippen LogP contribution is 2.30. The number of hydrogen-bond donors (Lipinski definition) is 3. The van der Waals surface area contributed by atoms with Crippen LogP contribution in [0.2, 0.25) is 0 Å². The van der Waals surface area contributed by atoms with Gasteiger partial charge < -0.3 is 29.7 Å². The van der Waals surface area contributed by atoms with Crippen LogP contribution in [0.25, 0.3) is 0 Å². The van der Waals surface area contributed by atoms with Crippen LogP contribution in [0.3, 0.4) is 0 Å². The summed E-state index contributed by atoms with van der Waals surface area (Å²) < 4.78 is 18.1. The van der Waals surface area contributed by atoms with E-state index in [0.717, 1.165) is 43.2 Å². The van der Waals surface area contributed by atoms with Crippen LogP contribution in [-0.4, -0.2) is 47.5 Å². The highest BCUT2D eigenvalue weighted by molar-refractivity contribution is 6.27. The molecule has 1 saturated carbocycles. The third-order valence-electron chi connectivity index (χ3n) is 5.46. The van der Waals surface area contributed by atoms with E-state index in [1.54, 1.807) is 0 Å². The predicted octanol–water partition coefficient (Wildman–Crippen LogP) is 5.07. The first-order chi connectivity index (χ1) is 17.3. The summed E-state index contributed by atoms with van der Waals surface area (Å²) in [5, 5.41) is 18.3. The van der Waals surface area contributed by atoms with Crippen molar-refractivity contribution in [1.82, 2.24) is 5.32 Å². The predicted molar refractivity (Wildman–Crippen MR) is 138 cm³/mol. The van der Waals surface area contributed by atoms with E-state index < -0.39 is 11.9 Å². The van der Waals surface area contributed by atoms with Gasteiger partial charge in [-0.15, -0.1) is 0 Å². The average Bonchev–Trinajstić information content (AvgIpc) is 3.34. The van der Waals surface area contributed by atoms with Gasteiger partial charge in [-0.05, 0) is 81.3 Å². The lowest BCUT2D eigenvalue weighted by molar-refractivity contribution is -0.159. The van der Waals surface area contributed by atoms with Crippen molar-refractivity contribution < 1.29 is 34.0 Å². The van der Waals surface area contributed by atoms with E-state index in [4.69, 9.17) is 34.0 Å². The van der Waals surface area contributed by atoms with E-state index in [-0.39, 0.29) is 6.10 Å². The standard InChI is InChI=1S/C26H37NO3.C2H2O4/c1-4-8-21-13-14-25(29-20(2)3)26(18-21)28-16-15-27-19-22-9-7-12-24(17-22)30-23-10-5-6-11-23;3-1(4)2(5)6/h7,9,12-14,17-18,20,23,27H,4-6,8,10-11,15-16,19H2,1-3H3;(H,3,4)(H,5,6). The molecule has 1 aliphatic rings. The van der Waals surface area contributed by atoms with E-state index >= 15 is 0 Å². The summed E-state index contributed by atoms with van der Waals surface area (Å²) in [5.41, 5.74) is 2.52. The van der Waals surface area contributed by atoms with Gasteiger partial charge in [0.25, 0.3) is 0 Å². The number of hydrogen-bond acceptors (Lipinski definition) is 6. The Hall–Kier alpha value is -3.26. The summed E-state index contributed by atoms with van der Waals surface area (Å²) in [6.45, 7) is 8.44. The second kappa shape index (κ2) is 15.7. The number of benzene rings is 2. The third-order valence-corrected chi connectivity index (χ3v) is 5.46. The molecule has 0 atom stereocenters. The third kappa shape index (κ3) is 11.0. The maximum Gasteiger partial charge on any atom is 0.414 e. The first-order valence-corrected chi connectivity index (χ1v) is 12.6. The van der Waals surface area contributed by atoms with Crippen LogP contribution in [0.15, 0.2) is 42.5 Å². The van der Waals surface area contributed by atoms with Gasteiger partial charge in [0.15, 0.2) is 11.5 Å². The Morgan fingerprint density at radius 2 is 1.72 bits per heavy atom. The van der Waals surface area contributed by atoms with Gasteiger partial charge in [-0.1, -0.05) is 31.5 Å². The fourth-order valence-electron chi connectivity index (χ4n) is 3.85. The molecule has 1 aliphatic carbocycles. The number of carboxylic acids is 2. The van der Waals surface area contributed by atoms with Crippen LogP contribution < -0.4 is 19.5 Å². The molecular formula is C28H39NO7. The van der Waals surface area contributed by atoms with Crippen LogP contribution in [0.4, 0.5) is 0 Å². The Bertz CT molecular complexity index is 943. The molecule has 0 aromatic heterocycles. The minimum atomic E-state index is -1.82. The summed E-state index contributed by atoms with van der Waals surface area (Å²) in [4.78, 5) is 18.2. The lowest BCUT2D eigenvalue weighted by atomic mass is 10.1. The largest absolute Gasteiger partial charge is 0.490 e. The Kier molecular flexibility index (Phi) is 12.6. The van der Waals surface area contributed by atoms with Gasteiger partial charge in [-0.25, -0.2) is 9.59 Å². The first kappa shape index (κ1) is 29.0. The molecule has 0 unspecified atom stereocenters. The number of aliphatic carboxylic acids is 2. The molecule has 3 N–H and O–H groups in total. The van der Waals surface area contributed by atoms with Gasteiger partial charge >= 0.3 is 11.9 Å². The van der Waals surface area contributed by atoms with E-state index in [9.17, 15) is 0 Å². The van der Waals surface area contributed by atoms with Gasteiger partial charge in [-0.2, -0.15) is 0 Å². The summed E-state index contributed by atoms with van der Waals surface area (Å²) in [6.07, 6.45) is 7.64. The van der Waals surface area contributed by atoms with Crippen molar-refractivity contribution in [2.75, 3.05) is 13.2 Å². The Morgan fingerprint density at radius 1 is 1.00 bits per heavy atom. The van der Waals surface area contributed by atoms with Crippen molar-refractivity contribution in [1.29, 1.82) is 0 Å². The second-order valence-electron chi connectivity index (χ2n) is 9.00. The normalized spacial score (nSPS) is 13.1. The smallest absolute Gasteiger partial charge is 0.414 e. The number of carbonyl (C=O) groups is 2. The average molecular weight is 502 g/mol. The molecule has 36 heavy (non-hydrogen) atoms. The lowest BCUT2D eigenvalue weighted by Crippen LogP contribution is -2.21. The molecule has 3 rings (SSSR count). The second-order valence-corrected chi connectivity index (χ2v) is 9.00. The van der Waals surface area contributed by atoms with E-state index in [1.807, 2.05) is 19.9 Å². The molecule has 0 bridgehead atoms. The van der Waals surface area contributed by atoms with Gasteiger partial charge in [0.1, 0.15) is 12.4 Å².